The number of nitrogens with zero attached hydrogens (tertiary/aromatic N) is 3. The fourth-order valence-corrected chi connectivity index (χ4v) is 6.24. The number of ketones is 1. The highest BCUT2D eigenvalue weighted by molar-refractivity contribution is 6.45. The minimum atomic E-state index is -0.541. The number of benzene rings is 2. The third-order valence-electron chi connectivity index (χ3n) is 8.57. The predicted octanol–water partition coefficient (Wildman–Crippen LogP) is 6.29. The molecule has 1 saturated heterocycles. The lowest BCUT2D eigenvalue weighted by Crippen LogP contribution is -2.41. The summed E-state index contributed by atoms with van der Waals surface area (Å²) in [6.07, 6.45) is 8.39. The van der Waals surface area contributed by atoms with Crippen LogP contribution in [0.25, 0.3) is 10.9 Å². The maximum absolute atomic E-state index is 13.6. The number of aryl methyl sites for hydroxylation is 1. The summed E-state index contributed by atoms with van der Waals surface area (Å²) in [6.45, 7) is 4.39. The Hall–Kier alpha value is -3.19. The molecule has 2 heterocycles. The Morgan fingerprint density at radius 3 is 2.33 bits per heavy atom. The Morgan fingerprint density at radius 2 is 1.70 bits per heavy atom. The van der Waals surface area contributed by atoms with Crippen molar-refractivity contribution in [1.82, 2.24) is 14.4 Å². The highest BCUT2D eigenvalue weighted by Gasteiger charge is 2.31. The van der Waals surface area contributed by atoms with Crippen LogP contribution in [0.4, 0.5) is 4.39 Å². The van der Waals surface area contributed by atoms with Crippen molar-refractivity contribution in [2.75, 3.05) is 26.2 Å². The smallest absolute Gasteiger partial charge is 0.295 e. The van der Waals surface area contributed by atoms with E-state index < -0.39 is 11.7 Å². The Morgan fingerprint density at radius 1 is 1.00 bits per heavy atom. The van der Waals surface area contributed by atoms with Gasteiger partial charge in [-0.3, -0.25) is 14.4 Å². The summed E-state index contributed by atoms with van der Waals surface area (Å²) in [6, 6.07) is 10.0. The van der Waals surface area contributed by atoms with E-state index in [9.17, 15) is 18.8 Å². The van der Waals surface area contributed by atoms with E-state index in [1.54, 1.807) is 27.8 Å². The molecule has 1 aromatic heterocycles. The quantitative estimate of drug-likeness (QED) is 0.226. The molecule has 1 saturated carbocycles. The fourth-order valence-electron chi connectivity index (χ4n) is 6.00. The lowest BCUT2D eigenvalue weighted by molar-refractivity contribution is -0.127. The molecule has 2 fully saturated rings. The summed E-state index contributed by atoms with van der Waals surface area (Å²) in [7, 11) is 1.81. The Labute approximate surface area is 240 Å². The number of fused-ring (bicyclic) bond motifs is 1. The average Bonchev–Trinajstić information content (AvgIpc) is 3.25. The molecule has 0 bridgehead atoms. The van der Waals surface area contributed by atoms with Gasteiger partial charge in [0.1, 0.15) is 5.82 Å². The second-order valence-corrected chi connectivity index (χ2v) is 11.9. The second kappa shape index (κ2) is 12.1. The van der Waals surface area contributed by atoms with E-state index in [0.29, 0.717) is 65.1 Å². The van der Waals surface area contributed by atoms with Crippen LogP contribution in [0.3, 0.4) is 0 Å². The van der Waals surface area contributed by atoms with Gasteiger partial charge in [-0.05, 0) is 80.2 Å². The van der Waals surface area contributed by atoms with Gasteiger partial charge in [0, 0.05) is 44.8 Å². The first-order valence-corrected chi connectivity index (χ1v) is 14.8. The average molecular weight is 566 g/mol. The van der Waals surface area contributed by atoms with Gasteiger partial charge in [-0.15, -0.1) is 0 Å². The largest absolute Gasteiger partial charge is 0.350 e. The Balaban J connectivity index is 1.32. The van der Waals surface area contributed by atoms with Gasteiger partial charge < -0.3 is 14.4 Å². The standard InChI is InChI=1S/C32H37ClFN3O3/c1-3-13-37(19-23-5-4-6-23)32(40)30(38)27-20-35(2)29-18-28(33)26(17-25(27)29)31(39)36-14-11-22(12-15-36)16-21-7-9-24(34)10-8-21/h7-10,17-18,20,22-23H,3-6,11-16,19H2,1-2H3. The number of hydrogen-bond donors (Lipinski definition) is 0. The zero-order valence-corrected chi connectivity index (χ0v) is 24.1. The molecule has 6 nitrogen and oxygen atoms in total. The Bertz CT molecular complexity index is 1410. The molecule has 2 amide bonds. The van der Waals surface area contributed by atoms with Gasteiger partial charge in [-0.25, -0.2) is 4.39 Å². The van der Waals surface area contributed by atoms with Crippen LogP contribution in [0.1, 0.15) is 71.7 Å². The summed E-state index contributed by atoms with van der Waals surface area (Å²) >= 11 is 6.61. The van der Waals surface area contributed by atoms with Crippen LogP contribution in [0.5, 0.6) is 0 Å². The minimum absolute atomic E-state index is 0.168. The van der Waals surface area contributed by atoms with Gasteiger partial charge in [0.05, 0.1) is 21.7 Å². The first kappa shape index (κ1) is 28.3. The first-order chi connectivity index (χ1) is 19.2. The van der Waals surface area contributed by atoms with Crippen molar-refractivity contribution in [3.63, 3.8) is 0 Å². The van der Waals surface area contributed by atoms with Gasteiger partial charge in [-0.2, -0.15) is 0 Å². The summed E-state index contributed by atoms with van der Waals surface area (Å²) in [5, 5.41) is 0.898. The summed E-state index contributed by atoms with van der Waals surface area (Å²) in [5.74, 6) is -0.537. The van der Waals surface area contributed by atoms with Crippen LogP contribution in [0.2, 0.25) is 5.02 Å². The summed E-state index contributed by atoms with van der Waals surface area (Å²) in [4.78, 5) is 43.9. The molecule has 2 aliphatic rings. The molecular formula is C32H37ClFN3O3. The zero-order valence-electron chi connectivity index (χ0n) is 23.3. The number of halogens is 2. The monoisotopic (exact) mass is 565 g/mol. The number of carbonyl (C=O) groups is 3. The molecule has 0 atom stereocenters. The zero-order chi connectivity index (χ0) is 28.4. The second-order valence-electron chi connectivity index (χ2n) is 11.4. The molecule has 3 aromatic rings. The molecule has 212 valence electrons. The lowest BCUT2D eigenvalue weighted by Gasteiger charge is -2.32. The molecule has 0 radical (unpaired) electrons. The van der Waals surface area contributed by atoms with Crippen LogP contribution in [0.15, 0.2) is 42.6 Å². The number of piperidine rings is 1. The van der Waals surface area contributed by atoms with E-state index in [1.807, 2.05) is 31.0 Å². The van der Waals surface area contributed by atoms with Crippen molar-refractivity contribution in [2.45, 2.75) is 51.9 Å². The predicted molar refractivity (Wildman–Crippen MR) is 155 cm³/mol. The van der Waals surface area contributed by atoms with Crippen molar-refractivity contribution >= 4 is 40.1 Å². The van der Waals surface area contributed by atoms with Gasteiger partial charge in [0.2, 0.25) is 0 Å². The maximum atomic E-state index is 13.6. The molecule has 1 aliphatic heterocycles. The van der Waals surface area contributed by atoms with E-state index >= 15 is 0 Å². The molecule has 40 heavy (non-hydrogen) atoms. The summed E-state index contributed by atoms with van der Waals surface area (Å²) < 4.78 is 15.0. The number of aromatic nitrogens is 1. The third-order valence-corrected chi connectivity index (χ3v) is 8.88. The minimum Gasteiger partial charge on any atom is -0.350 e. The molecule has 1 aliphatic carbocycles. The number of Topliss-reactive ketones (excluding diaryl/α,β-unsaturated/α-hetero) is 1. The molecule has 0 spiro atoms. The maximum Gasteiger partial charge on any atom is 0.295 e. The molecule has 2 aromatic carbocycles. The fraction of sp³-hybridized carbons (Fsp3) is 0.469. The van der Waals surface area contributed by atoms with Crippen molar-refractivity contribution in [2.24, 2.45) is 18.9 Å². The molecule has 0 N–H and O–H groups in total. The lowest BCUT2D eigenvalue weighted by atomic mass is 9.85. The van der Waals surface area contributed by atoms with Crippen LogP contribution in [0, 0.1) is 17.7 Å². The highest BCUT2D eigenvalue weighted by atomic mass is 35.5. The topological polar surface area (TPSA) is 62.6 Å². The number of likely N-dealkylation sites (tertiary alicyclic amines) is 1. The van der Waals surface area contributed by atoms with Crippen molar-refractivity contribution in [3.05, 3.63) is 70.1 Å². The van der Waals surface area contributed by atoms with E-state index in [4.69, 9.17) is 11.6 Å². The van der Waals surface area contributed by atoms with Gasteiger partial charge >= 0.3 is 0 Å². The van der Waals surface area contributed by atoms with Crippen molar-refractivity contribution < 1.29 is 18.8 Å². The number of hydrogen-bond acceptors (Lipinski definition) is 3. The van der Waals surface area contributed by atoms with Crippen LogP contribution < -0.4 is 0 Å². The number of rotatable bonds is 9. The highest BCUT2D eigenvalue weighted by Crippen LogP contribution is 2.32. The Kier molecular flexibility index (Phi) is 8.60. The molecular weight excluding hydrogens is 529 g/mol. The van der Waals surface area contributed by atoms with Gasteiger partial charge in [-0.1, -0.05) is 37.1 Å². The SMILES string of the molecule is CCCN(CC1CCC1)C(=O)C(=O)c1cn(C)c2cc(Cl)c(C(=O)N3CCC(Cc4ccc(F)cc4)CC3)cc12. The van der Waals surface area contributed by atoms with E-state index in [2.05, 4.69) is 0 Å². The van der Waals surface area contributed by atoms with Crippen LogP contribution in [-0.2, 0) is 18.3 Å². The van der Waals surface area contributed by atoms with Crippen LogP contribution in [-0.4, -0.2) is 58.1 Å². The van der Waals surface area contributed by atoms with Crippen LogP contribution >= 0.6 is 11.6 Å². The van der Waals surface area contributed by atoms with E-state index in [-0.39, 0.29) is 11.7 Å². The van der Waals surface area contributed by atoms with E-state index in [0.717, 1.165) is 44.1 Å². The molecule has 8 heteroatoms. The number of amides is 2. The molecule has 0 unspecified atom stereocenters. The number of carbonyl (C=O) groups excluding carboxylic acids is 3. The van der Waals surface area contributed by atoms with Crippen molar-refractivity contribution in [3.8, 4) is 0 Å². The third kappa shape index (κ3) is 5.95. The van der Waals surface area contributed by atoms with Gasteiger partial charge in [0.25, 0.3) is 17.6 Å². The van der Waals surface area contributed by atoms with Gasteiger partial charge in [0.15, 0.2) is 0 Å². The summed E-state index contributed by atoms with van der Waals surface area (Å²) in [5.41, 5.74) is 2.46. The van der Waals surface area contributed by atoms with Crippen molar-refractivity contribution in [1.29, 1.82) is 0 Å². The van der Waals surface area contributed by atoms with E-state index in [1.165, 1.54) is 18.6 Å². The first-order valence-electron chi connectivity index (χ1n) is 14.4. The normalized spacial score (nSPS) is 16.2. The molecule has 5 rings (SSSR count).